The summed E-state index contributed by atoms with van der Waals surface area (Å²) in [7, 11) is 0. The summed E-state index contributed by atoms with van der Waals surface area (Å²) < 4.78 is 0. The first kappa shape index (κ1) is 18.9. The van der Waals surface area contributed by atoms with Gasteiger partial charge >= 0.3 is 0 Å². The van der Waals surface area contributed by atoms with E-state index in [2.05, 4.69) is 61.7 Å². The Morgan fingerprint density at radius 1 is 1.12 bits per heavy atom. The van der Waals surface area contributed by atoms with Gasteiger partial charge in [-0.1, -0.05) is 23.2 Å². The molecule has 0 saturated heterocycles. The van der Waals surface area contributed by atoms with Crippen LogP contribution in [-0.2, 0) is 0 Å². The number of aliphatic imine (C=N–C) groups is 1. The summed E-state index contributed by atoms with van der Waals surface area (Å²) in [5.41, 5.74) is 1.62. The fourth-order valence-electron chi connectivity index (χ4n) is 2.37. The van der Waals surface area contributed by atoms with Crippen molar-refractivity contribution in [1.82, 2.24) is 15.3 Å². The summed E-state index contributed by atoms with van der Waals surface area (Å²) in [5.74, 6) is 1.51. The molecule has 0 radical (unpaired) electrons. The second kappa shape index (κ2) is 7.62. The molecule has 0 aliphatic rings. The molecule has 0 unspecified atom stereocenters. The first-order valence-electron chi connectivity index (χ1n) is 8.17. The molecule has 0 amide bonds. The van der Waals surface area contributed by atoms with Gasteiger partial charge in [0, 0.05) is 18.1 Å². The van der Waals surface area contributed by atoms with Gasteiger partial charge in [0.05, 0.1) is 21.1 Å². The average molecular weight is 370 g/mol. The summed E-state index contributed by atoms with van der Waals surface area (Å²) in [5, 5.41) is 4.42. The van der Waals surface area contributed by atoms with Crippen LogP contribution in [0, 0.1) is 0 Å². The normalized spacial score (nSPS) is 12.7. The molecule has 132 valence electrons. The van der Waals surface area contributed by atoms with Crippen molar-refractivity contribution in [2.45, 2.75) is 59.7 Å². The molecule has 0 bridgehead atoms. The number of aromatic amines is 1. The van der Waals surface area contributed by atoms with E-state index >= 15 is 0 Å². The number of hydrogen-bond acceptors (Lipinski definition) is 2. The molecule has 0 spiro atoms. The van der Waals surface area contributed by atoms with Gasteiger partial charge in [0.15, 0.2) is 0 Å². The molecule has 0 fully saturated rings. The van der Waals surface area contributed by atoms with Crippen molar-refractivity contribution in [2.75, 3.05) is 4.90 Å². The summed E-state index contributed by atoms with van der Waals surface area (Å²) in [6.45, 7) is 12.5. The second-order valence-corrected chi connectivity index (χ2v) is 7.47. The number of aromatic nitrogens is 2. The summed E-state index contributed by atoms with van der Waals surface area (Å²) in [6.07, 6.45) is 0. The number of imidazole rings is 1. The third kappa shape index (κ3) is 4.33. The zero-order valence-electron chi connectivity index (χ0n) is 15.0. The molecule has 1 aromatic heterocycles. The number of hydrogen-bond donors (Lipinski definition) is 2. The highest BCUT2D eigenvalue weighted by atomic mass is 35.5. The van der Waals surface area contributed by atoms with Crippen molar-refractivity contribution >= 4 is 46.1 Å². The Morgan fingerprint density at radius 3 is 2.29 bits per heavy atom. The predicted molar refractivity (Wildman–Crippen MR) is 105 cm³/mol. The van der Waals surface area contributed by atoms with Crippen LogP contribution in [0.4, 0.5) is 5.95 Å². The Kier molecular flexibility index (Phi) is 5.99. The van der Waals surface area contributed by atoms with Gasteiger partial charge in [-0.3, -0.25) is 4.90 Å². The molecule has 1 heterocycles. The Morgan fingerprint density at radius 2 is 1.75 bits per heavy atom. The zero-order chi connectivity index (χ0) is 18.0. The van der Waals surface area contributed by atoms with Crippen LogP contribution in [-0.4, -0.2) is 34.1 Å². The highest BCUT2D eigenvalue weighted by Gasteiger charge is 2.22. The van der Waals surface area contributed by atoms with Crippen molar-refractivity contribution in [2.24, 2.45) is 4.99 Å². The van der Waals surface area contributed by atoms with E-state index in [9.17, 15) is 0 Å². The van der Waals surface area contributed by atoms with Gasteiger partial charge in [0.1, 0.15) is 0 Å². The molecule has 0 saturated carbocycles. The van der Waals surface area contributed by atoms with Gasteiger partial charge < -0.3 is 10.3 Å². The minimum Gasteiger partial charge on any atom is -0.354 e. The zero-order valence-corrected chi connectivity index (χ0v) is 16.5. The number of halogens is 2. The number of anilines is 1. The first-order valence-corrected chi connectivity index (χ1v) is 8.93. The van der Waals surface area contributed by atoms with Gasteiger partial charge in [-0.15, -0.1) is 0 Å². The van der Waals surface area contributed by atoms with E-state index in [-0.39, 0.29) is 18.1 Å². The maximum Gasteiger partial charge on any atom is 0.210 e. The van der Waals surface area contributed by atoms with Crippen LogP contribution in [0.3, 0.4) is 0 Å². The molecule has 1 aromatic carbocycles. The topological polar surface area (TPSA) is 56.3 Å². The third-order valence-electron chi connectivity index (χ3n) is 3.28. The Labute approximate surface area is 153 Å². The second-order valence-electron chi connectivity index (χ2n) is 6.65. The number of rotatable bonds is 4. The van der Waals surface area contributed by atoms with E-state index in [1.807, 2.05) is 0 Å². The highest BCUT2D eigenvalue weighted by Crippen LogP contribution is 2.28. The molecular weight excluding hydrogens is 345 g/mol. The van der Waals surface area contributed by atoms with Gasteiger partial charge in [0.25, 0.3) is 0 Å². The number of H-pyrrole nitrogens is 1. The van der Waals surface area contributed by atoms with Crippen LogP contribution < -0.4 is 10.2 Å². The number of nitrogens with zero attached hydrogens (tertiary/aromatic N) is 3. The molecule has 0 aliphatic carbocycles. The maximum absolute atomic E-state index is 6.11. The van der Waals surface area contributed by atoms with Crippen molar-refractivity contribution in [1.29, 1.82) is 0 Å². The number of nitrogens with one attached hydrogen (secondary N) is 2. The van der Waals surface area contributed by atoms with Crippen LogP contribution in [0.5, 0.6) is 0 Å². The molecule has 7 heteroatoms. The Balaban J connectivity index is 2.53. The Hall–Kier alpha value is -1.46. The quantitative estimate of drug-likeness (QED) is 0.598. The van der Waals surface area contributed by atoms with Crippen LogP contribution in [0.25, 0.3) is 11.0 Å². The lowest BCUT2D eigenvalue weighted by molar-refractivity contribution is 0.677. The van der Waals surface area contributed by atoms with E-state index in [0.29, 0.717) is 16.0 Å². The van der Waals surface area contributed by atoms with Crippen molar-refractivity contribution in [3.05, 3.63) is 22.2 Å². The van der Waals surface area contributed by atoms with Crippen LogP contribution in [0.2, 0.25) is 10.0 Å². The molecule has 2 N–H and O–H groups in total. The number of benzene rings is 1. The lowest BCUT2D eigenvalue weighted by atomic mass is 10.3. The number of guanidine groups is 1. The summed E-state index contributed by atoms with van der Waals surface area (Å²) in [6, 6.07) is 4.16. The van der Waals surface area contributed by atoms with E-state index in [1.165, 1.54) is 0 Å². The monoisotopic (exact) mass is 369 g/mol. The summed E-state index contributed by atoms with van der Waals surface area (Å²) in [4.78, 5) is 14.8. The lowest BCUT2D eigenvalue weighted by Crippen LogP contribution is -2.48. The smallest absolute Gasteiger partial charge is 0.210 e. The van der Waals surface area contributed by atoms with Gasteiger partial charge in [0.2, 0.25) is 11.9 Å². The fraction of sp³-hybridized carbons (Fsp3) is 0.529. The molecule has 24 heavy (non-hydrogen) atoms. The van der Waals surface area contributed by atoms with E-state index < -0.39 is 0 Å². The third-order valence-corrected chi connectivity index (χ3v) is 4.00. The molecule has 2 rings (SSSR count). The highest BCUT2D eigenvalue weighted by molar-refractivity contribution is 6.42. The fourth-order valence-corrected chi connectivity index (χ4v) is 2.69. The standard InChI is InChI=1S/C17H25Cl2N5/c1-9(2)20-16(21-10(3)4)24(11(5)6)17-22-14-7-12(18)13(19)8-15(14)23-17/h7-11H,1-6H3,(H,20,21)(H,22,23). The van der Waals surface area contributed by atoms with E-state index in [0.717, 1.165) is 17.0 Å². The molecule has 0 atom stereocenters. The Bertz CT molecular complexity index is 695. The molecule has 5 nitrogen and oxygen atoms in total. The maximum atomic E-state index is 6.11. The lowest BCUT2D eigenvalue weighted by Gasteiger charge is -2.29. The van der Waals surface area contributed by atoms with E-state index in [4.69, 9.17) is 28.2 Å². The SMILES string of the molecule is CC(C)N=C(NC(C)C)N(c1nc2cc(Cl)c(Cl)cc2[nH]1)C(C)C. The van der Waals surface area contributed by atoms with Crippen LogP contribution >= 0.6 is 23.2 Å². The van der Waals surface area contributed by atoms with Crippen LogP contribution in [0.15, 0.2) is 17.1 Å². The van der Waals surface area contributed by atoms with Gasteiger partial charge in [-0.2, -0.15) is 0 Å². The minimum atomic E-state index is 0.167. The molecule has 2 aromatic rings. The average Bonchev–Trinajstić information content (AvgIpc) is 2.79. The van der Waals surface area contributed by atoms with Gasteiger partial charge in [-0.25, -0.2) is 9.98 Å². The predicted octanol–water partition coefficient (Wildman–Crippen LogP) is 4.85. The van der Waals surface area contributed by atoms with Crippen molar-refractivity contribution in [3.8, 4) is 0 Å². The van der Waals surface area contributed by atoms with Crippen molar-refractivity contribution in [3.63, 3.8) is 0 Å². The minimum absolute atomic E-state index is 0.167. The summed E-state index contributed by atoms with van der Waals surface area (Å²) >= 11 is 12.2. The van der Waals surface area contributed by atoms with Crippen molar-refractivity contribution < 1.29 is 0 Å². The first-order chi connectivity index (χ1) is 11.2. The molecule has 0 aliphatic heterocycles. The molecular formula is C17H25Cl2N5. The van der Waals surface area contributed by atoms with Crippen LogP contribution in [0.1, 0.15) is 41.5 Å². The van der Waals surface area contributed by atoms with E-state index in [1.54, 1.807) is 12.1 Å². The largest absolute Gasteiger partial charge is 0.354 e. The number of fused-ring (bicyclic) bond motifs is 1. The van der Waals surface area contributed by atoms with Gasteiger partial charge in [-0.05, 0) is 53.7 Å².